The lowest BCUT2D eigenvalue weighted by molar-refractivity contribution is 0.101. The van der Waals surface area contributed by atoms with Gasteiger partial charge in [0.25, 0.3) is 11.8 Å². The average molecular weight is 468 g/mol. The van der Waals surface area contributed by atoms with Crippen molar-refractivity contribution in [2.24, 2.45) is 0 Å². The van der Waals surface area contributed by atoms with E-state index in [0.29, 0.717) is 52.2 Å². The highest BCUT2D eigenvalue weighted by Gasteiger charge is 2.21. The van der Waals surface area contributed by atoms with Crippen LogP contribution < -0.4 is 20.1 Å². The molecule has 7 nitrogen and oxygen atoms in total. The van der Waals surface area contributed by atoms with Gasteiger partial charge in [0, 0.05) is 23.6 Å². The molecule has 0 aliphatic carbocycles. The molecule has 0 saturated heterocycles. The van der Waals surface area contributed by atoms with Crippen LogP contribution in [0.15, 0.2) is 42.5 Å². The van der Waals surface area contributed by atoms with Crippen LogP contribution in [0.25, 0.3) is 0 Å². The normalized spacial score (nSPS) is 10.7. The lowest BCUT2D eigenvalue weighted by Crippen LogP contribution is -2.15. The van der Waals surface area contributed by atoms with E-state index in [0.717, 1.165) is 5.01 Å². The molecule has 0 aliphatic heterocycles. The predicted octanol–water partition coefficient (Wildman–Crippen LogP) is 5.88. The molecule has 0 fully saturated rings. The van der Waals surface area contributed by atoms with Crippen LogP contribution in [0, 0.1) is 6.92 Å². The second-order valence-electron chi connectivity index (χ2n) is 7.61. The van der Waals surface area contributed by atoms with Crippen LogP contribution in [0.4, 0.5) is 11.4 Å². The van der Waals surface area contributed by atoms with Gasteiger partial charge >= 0.3 is 0 Å². The molecule has 0 unspecified atom stereocenters. The largest absolute Gasteiger partial charge is 0.492 e. The maximum Gasteiger partial charge on any atom is 0.267 e. The number of hydrogen-bond donors (Lipinski definition) is 2. The van der Waals surface area contributed by atoms with Crippen molar-refractivity contribution >= 4 is 34.5 Å². The van der Waals surface area contributed by atoms with Crippen molar-refractivity contribution < 1.29 is 19.1 Å². The lowest BCUT2D eigenvalue weighted by Gasteiger charge is -2.17. The highest BCUT2D eigenvalue weighted by molar-refractivity contribution is 7.14. The third-order valence-electron chi connectivity index (χ3n) is 4.73. The summed E-state index contributed by atoms with van der Waals surface area (Å²) in [6, 6.07) is 12.3. The molecule has 0 saturated carbocycles. The molecule has 33 heavy (non-hydrogen) atoms. The summed E-state index contributed by atoms with van der Waals surface area (Å²) in [5, 5.41) is 6.73. The van der Waals surface area contributed by atoms with Crippen LogP contribution in [0.3, 0.4) is 0 Å². The maximum atomic E-state index is 13.0. The minimum atomic E-state index is -0.266. The zero-order valence-corrected chi connectivity index (χ0v) is 20.3. The minimum Gasteiger partial charge on any atom is -0.492 e. The molecule has 1 heterocycles. The Morgan fingerprint density at radius 3 is 1.97 bits per heavy atom. The maximum absolute atomic E-state index is 13.0. The number of amides is 2. The fourth-order valence-corrected chi connectivity index (χ4v) is 4.11. The smallest absolute Gasteiger partial charge is 0.267 e. The van der Waals surface area contributed by atoms with E-state index in [-0.39, 0.29) is 17.7 Å². The first-order chi connectivity index (χ1) is 15.8. The molecule has 2 N–H and O–H groups in total. The van der Waals surface area contributed by atoms with Gasteiger partial charge in [-0.1, -0.05) is 32.0 Å². The van der Waals surface area contributed by atoms with Gasteiger partial charge in [0.1, 0.15) is 16.4 Å². The number of aryl methyl sites for hydroxylation is 1. The number of carbonyl (C=O) groups is 2. The molecule has 174 valence electrons. The Morgan fingerprint density at radius 1 is 0.939 bits per heavy atom. The van der Waals surface area contributed by atoms with E-state index in [9.17, 15) is 9.59 Å². The van der Waals surface area contributed by atoms with Gasteiger partial charge in [-0.15, -0.1) is 11.3 Å². The first-order valence-electron chi connectivity index (χ1n) is 10.9. The summed E-state index contributed by atoms with van der Waals surface area (Å²) in [7, 11) is 0. The number of aromatic nitrogens is 1. The molecule has 0 spiro atoms. The van der Waals surface area contributed by atoms with Gasteiger partial charge in [0.15, 0.2) is 0 Å². The van der Waals surface area contributed by atoms with Crippen molar-refractivity contribution in [3.8, 4) is 11.5 Å². The number of rotatable bonds is 9. The zero-order valence-electron chi connectivity index (χ0n) is 19.5. The third kappa shape index (κ3) is 5.90. The summed E-state index contributed by atoms with van der Waals surface area (Å²) >= 11 is 1.39. The van der Waals surface area contributed by atoms with Crippen LogP contribution >= 0.6 is 11.3 Å². The summed E-state index contributed by atoms with van der Waals surface area (Å²) in [5.74, 6) is 0.582. The van der Waals surface area contributed by atoms with Crippen LogP contribution in [-0.4, -0.2) is 30.0 Å². The highest BCUT2D eigenvalue weighted by atomic mass is 32.1. The number of thiazole rings is 1. The van der Waals surface area contributed by atoms with E-state index in [1.165, 1.54) is 11.3 Å². The van der Waals surface area contributed by atoms with Crippen LogP contribution in [-0.2, 0) is 0 Å². The number of anilines is 2. The molecule has 0 radical (unpaired) electrons. The second-order valence-corrected chi connectivity index (χ2v) is 8.64. The van der Waals surface area contributed by atoms with Crippen LogP contribution in [0.5, 0.6) is 11.5 Å². The van der Waals surface area contributed by atoms with Gasteiger partial charge in [-0.2, -0.15) is 0 Å². The first-order valence-corrected chi connectivity index (χ1v) is 11.7. The Hall–Kier alpha value is -3.39. The van der Waals surface area contributed by atoms with Crippen molar-refractivity contribution in [3.05, 3.63) is 63.6 Å². The number of hydrogen-bond acceptors (Lipinski definition) is 6. The van der Waals surface area contributed by atoms with Gasteiger partial charge in [0.05, 0.1) is 35.3 Å². The monoisotopic (exact) mass is 467 g/mol. The lowest BCUT2D eigenvalue weighted by atomic mass is 10.2. The van der Waals surface area contributed by atoms with E-state index in [1.54, 1.807) is 36.4 Å². The molecule has 2 amide bonds. The van der Waals surface area contributed by atoms with E-state index >= 15 is 0 Å². The van der Waals surface area contributed by atoms with E-state index in [4.69, 9.17) is 9.47 Å². The molecular weight excluding hydrogens is 438 g/mol. The molecule has 0 aliphatic rings. The third-order valence-corrected chi connectivity index (χ3v) is 6.18. The van der Waals surface area contributed by atoms with Crippen molar-refractivity contribution in [2.75, 3.05) is 23.8 Å². The molecule has 0 atom stereocenters. The van der Waals surface area contributed by atoms with Crippen molar-refractivity contribution in [2.45, 2.75) is 40.5 Å². The quantitative estimate of drug-likeness (QED) is 0.410. The van der Waals surface area contributed by atoms with Crippen LogP contribution in [0.1, 0.15) is 64.3 Å². The topological polar surface area (TPSA) is 89.6 Å². The van der Waals surface area contributed by atoms with Crippen LogP contribution in [0.2, 0.25) is 0 Å². The minimum absolute atomic E-state index is 0.242. The van der Waals surface area contributed by atoms with Crippen molar-refractivity contribution in [1.29, 1.82) is 0 Å². The Morgan fingerprint density at radius 2 is 1.48 bits per heavy atom. The number of nitrogens with one attached hydrogen (secondary N) is 2. The molecular formula is C25H29N3O4S. The standard InChI is InChI=1S/C25H29N3O4S/c1-6-31-20-14-19(28-24(30)22-16(5)26-25(33-22)15(3)4)21(32-7-2)13-18(20)27-23(29)17-11-9-8-10-12-17/h8-15H,6-7H2,1-5H3,(H,27,29)(H,28,30). The zero-order chi connectivity index (χ0) is 24.0. The predicted molar refractivity (Wildman–Crippen MR) is 132 cm³/mol. The molecule has 3 rings (SSSR count). The van der Waals surface area contributed by atoms with Crippen molar-refractivity contribution in [3.63, 3.8) is 0 Å². The fraction of sp³-hybridized carbons (Fsp3) is 0.320. The van der Waals surface area contributed by atoms with Crippen molar-refractivity contribution in [1.82, 2.24) is 4.98 Å². The Bertz CT molecular complexity index is 1130. The Labute approximate surface area is 198 Å². The second kappa shape index (κ2) is 11.0. The van der Waals surface area contributed by atoms with E-state index in [1.807, 2.05) is 40.7 Å². The number of benzene rings is 2. The average Bonchev–Trinajstić information content (AvgIpc) is 3.19. The summed E-state index contributed by atoms with van der Waals surface area (Å²) in [5.41, 5.74) is 2.14. The number of ether oxygens (including phenoxy) is 2. The van der Waals surface area contributed by atoms with Gasteiger partial charge in [-0.25, -0.2) is 4.98 Å². The highest BCUT2D eigenvalue weighted by Crippen LogP contribution is 2.38. The first kappa shape index (κ1) is 24.3. The summed E-state index contributed by atoms with van der Waals surface area (Å²) < 4.78 is 11.5. The summed E-state index contributed by atoms with van der Waals surface area (Å²) in [6.45, 7) is 10.4. The van der Waals surface area contributed by atoms with Gasteiger partial charge < -0.3 is 20.1 Å². The summed E-state index contributed by atoms with van der Waals surface area (Å²) in [4.78, 5) is 30.8. The van der Waals surface area contributed by atoms with Gasteiger partial charge in [-0.3, -0.25) is 9.59 Å². The molecule has 8 heteroatoms. The molecule has 2 aromatic carbocycles. The molecule has 3 aromatic rings. The van der Waals surface area contributed by atoms with Gasteiger partial charge in [0.2, 0.25) is 0 Å². The number of nitrogens with zero attached hydrogens (tertiary/aromatic N) is 1. The van der Waals surface area contributed by atoms with E-state index < -0.39 is 0 Å². The fourth-order valence-electron chi connectivity index (χ4n) is 3.14. The van der Waals surface area contributed by atoms with Gasteiger partial charge in [-0.05, 0) is 32.9 Å². The molecule has 1 aromatic heterocycles. The van der Waals surface area contributed by atoms with E-state index in [2.05, 4.69) is 15.6 Å². The Balaban J connectivity index is 1.93. The number of carbonyl (C=O) groups excluding carboxylic acids is 2. The molecule has 0 bridgehead atoms. The SMILES string of the molecule is CCOc1cc(NC(=O)c2sc(C(C)C)nc2C)c(OCC)cc1NC(=O)c1ccccc1. The Kier molecular flexibility index (Phi) is 8.06. The summed E-state index contributed by atoms with van der Waals surface area (Å²) in [6.07, 6.45) is 0.